The molecule has 1 aliphatic rings. The maximum absolute atomic E-state index is 12.9. The lowest BCUT2D eigenvalue weighted by molar-refractivity contribution is 0.326. The summed E-state index contributed by atoms with van der Waals surface area (Å²) in [5, 5.41) is 0.744. The maximum Gasteiger partial charge on any atom is 0.182 e. The minimum Gasteiger partial charge on any atom is -0.495 e. The zero-order valence-electron chi connectivity index (χ0n) is 12.5. The molecule has 0 spiro atoms. The molecule has 0 radical (unpaired) electrons. The molecule has 2 rings (SSSR count). The number of sulfone groups is 1. The highest BCUT2D eigenvalue weighted by Gasteiger charge is 2.36. The van der Waals surface area contributed by atoms with Crippen molar-refractivity contribution < 1.29 is 13.2 Å². The fourth-order valence-electron chi connectivity index (χ4n) is 3.15. The predicted octanol–water partition coefficient (Wildman–Crippen LogP) is 4.20. The van der Waals surface area contributed by atoms with Crippen LogP contribution in [0.1, 0.15) is 38.5 Å². The summed E-state index contributed by atoms with van der Waals surface area (Å²) in [6.45, 7) is 0. The zero-order chi connectivity index (χ0) is 15.3. The molecule has 1 fully saturated rings. The molecule has 0 amide bonds. The topological polar surface area (TPSA) is 43.4 Å². The number of benzene rings is 1. The van der Waals surface area contributed by atoms with Crippen molar-refractivity contribution in [1.82, 2.24) is 0 Å². The Kier molecular flexibility index (Phi) is 5.72. The van der Waals surface area contributed by atoms with Crippen molar-refractivity contribution in [2.45, 2.75) is 43.4 Å². The third-order valence-corrected chi connectivity index (χ3v) is 7.54. The molecule has 0 aliphatic heterocycles. The first-order valence-electron chi connectivity index (χ1n) is 7.45. The molecule has 0 atom stereocenters. The minimum atomic E-state index is -3.34. The van der Waals surface area contributed by atoms with Gasteiger partial charge in [-0.2, -0.15) is 0 Å². The van der Waals surface area contributed by atoms with Crippen molar-refractivity contribution in [1.29, 1.82) is 0 Å². The second-order valence-corrected chi connectivity index (χ2v) is 8.48. The van der Waals surface area contributed by atoms with E-state index in [0.29, 0.717) is 10.6 Å². The highest BCUT2D eigenvalue weighted by molar-refractivity contribution is 9.09. The second kappa shape index (κ2) is 7.14. The van der Waals surface area contributed by atoms with Crippen LogP contribution < -0.4 is 4.74 Å². The Balaban J connectivity index is 2.30. The third kappa shape index (κ3) is 4.01. The number of methoxy groups -OCH3 is 1. The van der Waals surface area contributed by atoms with Crippen molar-refractivity contribution in [3.05, 3.63) is 24.3 Å². The SMILES string of the molecule is COc1ccccc1S(=O)(=O)CC1(CBr)CCCCCC1. The van der Waals surface area contributed by atoms with E-state index >= 15 is 0 Å². The van der Waals surface area contributed by atoms with Crippen molar-refractivity contribution in [3.8, 4) is 5.75 Å². The summed E-state index contributed by atoms with van der Waals surface area (Å²) in [6, 6.07) is 6.90. The van der Waals surface area contributed by atoms with Crippen LogP contribution in [0.5, 0.6) is 5.75 Å². The molecule has 21 heavy (non-hydrogen) atoms. The van der Waals surface area contributed by atoms with Gasteiger partial charge in [-0.3, -0.25) is 0 Å². The number of hydrogen-bond donors (Lipinski definition) is 0. The van der Waals surface area contributed by atoms with Gasteiger partial charge < -0.3 is 4.74 Å². The van der Waals surface area contributed by atoms with Gasteiger partial charge in [-0.15, -0.1) is 0 Å². The molecule has 3 nitrogen and oxygen atoms in total. The fraction of sp³-hybridized carbons (Fsp3) is 0.625. The highest BCUT2D eigenvalue weighted by atomic mass is 79.9. The second-order valence-electron chi connectivity index (χ2n) is 5.96. The van der Waals surface area contributed by atoms with Crippen LogP contribution in [0.3, 0.4) is 0 Å². The molecule has 0 unspecified atom stereocenters. The van der Waals surface area contributed by atoms with Crippen molar-refractivity contribution in [2.75, 3.05) is 18.2 Å². The van der Waals surface area contributed by atoms with Crippen LogP contribution in [0.15, 0.2) is 29.2 Å². The lowest BCUT2D eigenvalue weighted by Gasteiger charge is -2.30. The Morgan fingerprint density at radius 2 is 1.76 bits per heavy atom. The number of rotatable bonds is 5. The van der Waals surface area contributed by atoms with Crippen LogP contribution in [-0.2, 0) is 9.84 Å². The van der Waals surface area contributed by atoms with Crippen LogP contribution in [-0.4, -0.2) is 26.6 Å². The zero-order valence-corrected chi connectivity index (χ0v) is 14.9. The van der Waals surface area contributed by atoms with Gasteiger partial charge in [0.1, 0.15) is 10.6 Å². The molecule has 0 bridgehead atoms. The Labute approximate surface area is 136 Å². The minimum absolute atomic E-state index is 0.143. The number of ether oxygens (including phenoxy) is 1. The van der Waals surface area contributed by atoms with Crippen molar-refractivity contribution in [3.63, 3.8) is 0 Å². The van der Waals surface area contributed by atoms with Crippen LogP contribution in [0.2, 0.25) is 0 Å². The van der Waals surface area contributed by atoms with Crippen LogP contribution >= 0.6 is 15.9 Å². The summed E-state index contributed by atoms with van der Waals surface area (Å²) in [6.07, 6.45) is 6.62. The molecule has 5 heteroatoms. The summed E-state index contributed by atoms with van der Waals surface area (Å²) >= 11 is 3.57. The van der Waals surface area contributed by atoms with E-state index < -0.39 is 9.84 Å². The van der Waals surface area contributed by atoms with Gasteiger partial charge in [-0.05, 0) is 30.4 Å². The van der Waals surface area contributed by atoms with Gasteiger partial charge in [0.05, 0.1) is 12.9 Å². The number of para-hydroxylation sites is 1. The van der Waals surface area contributed by atoms with E-state index in [-0.39, 0.29) is 11.2 Å². The van der Waals surface area contributed by atoms with E-state index in [1.807, 2.05) is 0 Å². The normalized spacial score (nSPS) is 19.0. The van der Waals surface area contributed by atoms with E-state index in [0.717, 1.165) is 31.0 Å². The molecule has 1 aromatic rings. The Hall–Kier alpha value is -0.550. The Morgan fingerprint density at radius 1 is 1.14 bits per heavy atom. The summed E-state index contributed by atoms with van der Waals surface area (Å²) in [5.41, 5.74) is -0.143. The quantitative estimate of drug-likeness (QED) is 0.572. The van der Waals surface area contributed by atoms with Gasteiger partial charge in [0.25, 0.3) is 0 Å². The molecular weight excluding hydrogens is 352 g/mol. The first-order chi connectivity index (χ1) is 10.0. The van der Waals surface area contributed by atoms with Crippen molar-refractivity contribution >= 4 is 25.8 Å². The van der Waals surface area contributed by atoms with Gasteiger partial charge >= 0.3 is 0 Å². The smallest absolute Gasteiger partial charge is 0.182 e. The lowest BCUT2D eigenvalue weighted by Crippen LogP contribution is -2.31. The summed E-state index contributed by atoms with van der Waals surface area (Å²) in [4.78, 5) is 0.317. The number of halogens is 1. The van der Waals surface area contributed by atoms with E-state index in [1.165, 1.54) is 20.0 Å². The van der Waals surface area contributed by atoms with Crippen molar-refractivity contribution in [2.24, 2.45) is 5.41 Å². The Bertz CT molecular complexity index is 561. The fourth-order valence-corrected chi connectivity index (χ4v) is 6.27. The van der Waals surface area contributed by atoms with Gasteiger partial charge in [-0.25, -0.2) is 8.42 Å². The Morgan fingerprint density at radius 3 is 2.33 bits per heavy atom. The van der Waals surface area contributed by atoms with Crippen LogP contribution in [0.25, 0.3) is 0 Å². The number of hydrogen-bond acceptors (Lipinski definition) is 3. The van der Waals surface area contributed by atoms with E-state index in [2.05, 4.69) is 15.9 Å². The van der Waals surface area contributed by atoms with Crippen LogP contribution in [0.4, 0.5) is 0 Å². The standard InChI is InChI=1S/C16H23BrO3S/c1-20-14-8-4-5-9-15(14)21(18,19)13-16(12-17)10-6-2-3-7-11-16/h4-5,8-9H,2-3,6-7,10-13H2,1H3. The van der Waals surface area contributed by atoms with E-state index in [1.54, 1.807) is 24.3 Å². The van der Waals surface area contributed by atoms with Gasteiger partial charge in [0.2, 0.25) is 0 Å². The molecular formula is C16H23BrO3S. The first-order valence-corrected chi connectivity index (χ1v) is 10.2. The summed E-state index contributed by atoms with van der Waals surface area (Å²) in [5.74, 6) is 0.641. The molecule has 0 heterocycles. The predicted molar refractivity (Wildman–Crippen MR) is 89.0 cm³/mol. The maximum atomic E-state index is 12.9. The molecule has 1 aliphatic carbocycles. The van der Waals surface area contributed by atoms with Gasteiger partial charge in [0.15, 0.2) is 9.84 Å². The first kappa shape index (κ1) is 16.8. The van der Waals surface area contributed by atoms with Gasteiger partial charge in [-0.1, -0.05) is 53.7 Å². The largest absolute Gasteiger partial charge is 0.495 e. The number of alkyl halides is 1. The summed E-state index contributed by atoms with van der Waals surface area (Å²) < 4.78 is 30.9. The van der Waals surface area contributed by atoms with Crippen LogP contribution in [0, 0.1) is 5.41 Å². The average Bonchev–Trinajstić information content (AvgIpc) is 2.73. The molecule has 0 saturated heterocycles. The van der Waals surface area contributed by atoms with E-state index in [4.69, 9.17) is 4.74 Å². The highest BCUT2D eigenvalue weighted by Crippen LogP contribution is 2.40. The lowest BCUT2D eigenvalue weighted by atomic mass is 9.85. The molecule has 0 N–H and O–H groups in total. The average molecular weight is 375 g/mol. The molecule has 118 valence electrons. The molecule has 1 saturated carbocycles. The monoisotopic (exact) mass is 374 g/mol. The van der Waals surface area contributed by atoms with Gasteiger partial charge in [0, 0.05) is 5.33 Å². The summed E-state index contributed by atoms with van der Waals surface area (Å²) in [7, 11) is -1.83. The third-order valence-electron chi connectivity index (χ3n) is 4.35. The molecule has 1 aromatic carbocycles. The molecule has 0 aromatic heterocycles. The van der Waals surface area contributed by atoms with E-state index in [9.17, 15) is 8.42 Å².